The van der Waals surface area contributed by atoms with Crippen LogP contribution in [0.4, 0.5) is 0 Å². The maximum atomic E-state index is 9.17. The minimum absolute atomic E-state index is 0.0647. The summed E-state index contributed by atoms with van der Waals surface area (Å²) in [5, 5.41) is 17.9. The van der Waals surface area contributed by atoms with Gasteiger partial charge in [0.05, 0.1) is 18.4 Å². The van der Waals surface area contributed by atoms with Crippen molar-refractivity contribution in [3.05, 3.63) is 29.6 Å². The summed E-state index contributed by atoms with van der Waals surface area (Å²) in [6, 6.07) is 5.98. The molecule has 0 aliphatic rings. The minimum atomic E-state index is -0.0647. The number of aliphatic hydroxyl groups is 1. The Hall–Kier alpha value is -1.40. The second-order valence-electron chi connectivity index (χ2n) is 3.91. The number of nitrogens with zero attached hydrogens (tertiary/aromatic N) is 2. The Labute approximate surface area is 90.4 Å². The van der Waals surface area contributed by atoms with E-state index in [1.54, 1.807) is 6.20 Å². The summed E-state index contributed by atoms with van der Waals surface area (Å²) >= 11 is 0. The molecule has 0 aliphatic heterocycles. The summed E-state index contributed by atoms with van der Waals surface area (Å²) in [7, 11) is 0. The predicted molar refractivity (Wildman–Crippen MR) is 58.0 cm³/mol. The number of hydrogen-bond acceptors (Lipinski definition) is 3. The minimum Gasteiger partial charge on any atom is -0.390 e. The van der Waals surface area contributed by atoms with Crippen LogP contribution in [0.1, 0.15) is 37.4 Å². The quantitative estimate of drug-likeness (QED) is 0.818. The normalized spacial score (nSPS) is 12.5. The van der Waals surface area contributed by atoms with Crippen molar-refractivity contribution in [2.24, 2.45) is 5.92 Å². The molecule has 0 bridgehead atoms. The maximum absolute atomic E-state index is 9.17. The molecule has 0 saturated heterocycles. The summed E-state index contributed by atoms with van der Waals surface area (Å²) in [6.45, 7) is 4.09. The van der Waals surface area contributed by atoms with Crippen LogP contribution in [0, 0.1) is 17.2 Å². The first-order chi connectivity index (χ1) is 7.20. The van der Waals surface area contributed by atoms with Crippen molar-refractivity contribution in [3.63, 3.8) is 0 Å². The molecule has 0 aliphatic carbocycles. The van der Waals surface area contributed by atoms with Gasteiger partial charge in [-0.25, -0.2) is 0 Å². The van der Waals surface area contributed by atoms with E-state index in [9.17, 15) is 5.11 Å². The summed E-state index contributed by atoms with van der Waals surface area (Å²) in [6.07, 6.45) is 2.13. The average molecular weight is 204 g/mol. The maximum Gasteiger partial charge on any atom is 0.0855 e. The van der Waals surface area contributed by atoms with Crippen LogP contribution in [0.25, 0.3) is 0 Å². The van der Waals surface area contributed by atoms with Crippen molar-refractivity contribution in [2.45, 2.75) is 32.8 Å². The zero-order chi connectivity index (χ0) is 11.3. The summed E-state index contributed by atoms with van der Waals surface area (Å²) in [5.74, 6) is 0.532. The molecule has 0 saturated carbocycles. The van der Waals surface area contributed by atoms with E-state index in [0.717, 1.165) is 5.56 Å². The highest BCUT2D eigenvalue weighted by molar-refractivity contribution is 5.25. The first-order valence-electron chi connectivity index (χ1n) is 5.12. The van der Waals surface area contributed by atoms with E-state index in [4.69, 9.17) is 5.26 Å². The Bertz CT molecular complexity index is 355. The summed E-state index contributed by atoms with van der Waals surface area (Å²) in [5.41, 5.74) is 1.68. The lowest BCUT2D eigenvalue weighted by atomic mass is 9.85. The SMILES string of the molecule is CC(C)C(CC#N)c1cccnc1CO. The highest BCUT2D eigenvalue weighted by Crippen LogP contribution is 2.29. The van der Waals surface area contributed by atoms with E-state index in [1.165, 1.54) is 0 Å². The van der Waals surface area contributed by atoms with Gasteiger partial charge in [-0.15, -0.1) is 0 Å². The smallest absolute Gasteiger partial charge is 0.0855 e. The molecule has 3 nitrogen and oxygen atoms in total. The lowest BCUT2D eigenvalue weighted by Crippen LogP contribution is -2.10. The van der Waals surface area contributed by atoms with Crippen molar-refractivity contribution in [1.29, 1.82) is 5.26 Å². The molecule has 15 heavy (non-hydrogen) atoms. The van der Waals surface area contributed by atoms with Gasteiger partial charge in [-0.05, 0) is 17.5 Å². The number of nitriles is 1. The van der Waals surface area contributed by atoms with Gasteiger partial charge in [0.1, 0.15) is 0 Å². The van der Waals surface area contributed by atoms with E-state index in [2.05, 4.69) is 24.9 Å². The number of aliphatic hydroxyl groups excluding tert-OH is 1. The number of rotatable bonds is 4. The van der Waals surface area contributed by atoms with Crippen LogP contribution >= 0.6 is 0 Å². The molecule has 0 spiro atoms. The van der Waals surface area contributed by atoms with Gasteiger partial charge in [0.25, 0.3) is 0 Å². The molecule has 1 heterocycles. The topological polar surface area (TPSA) is 56.9 Å². The number of aromatic nitrogens is 1. The Morgan fingerprint density at radius 3 is 2.80 bits per heavy atom. The van der Waals surface area contributed by atoms with Gasteiger partial charge in [0.15, 0.2) is 0 Å². The van der Waals surface area contributed by atoms with Crippen LogP contribution in [0.3, 0.4) is 0 Å². The Kier molecular flexibility index (Phi) is 4.26. The van der Waals surface area contributed by atoms with Gasteiger partial charge in [0, 0.05) is 18.5 Å². The van der Waals surface area contributed by atoms with Crippen LogP contribution in [-0.4, -0.2) is 10.1 Å². The molecule has 1 rings (SSSR count). The number of pyridine rings is 1. The highest BCUT2D eigenvalue weighted by atomic mass is 16.3. The van der Waals surface area contributed by atoms with Gasteiger partial charge in [-0.3, -0.25) is 4.98 Å². The second-order valence-corrected chi connectivity index (χ2v) is 3.91. The first kappa shape index (κ1) is 11.7. The Morgan fingerprint density at radius 2 is 2.27 bits per heavy atom. The molecule has 0 fully saturated rings. The van der Waals surface area contributed by atoms with Gasteiger partial charge in [-0.1, -0.05) is 19.9 Å². The van der Waals surface area contributed by atoms with E-state index in [-0.39, 0.29) is 12.5 Å². The average Bonchev–Trinajstić information content (AvgIpc) is 2.25. The molecule has 1 N–H and O–H groups in total. The van der Waals surface area contributed by atoms with Gasteiger partial charge in [0.2, 0.25) is 0 Å². The molecule has 3 heteroatoms. The second kappa shape index (κ2) is 5.47. The van der Waals surface area contributed by atoms with Crippen LogP contribution in [0.2, 0.25) is 0 Å². The third-order valence-corrected chi connectivity index (χ3v) is 2.59. The zero-order valence-corrected chi connectivity index (χ0v) is 9.14. The fourth-order valence-electron chi connectivity index (χ4n) is 1.72. The molecule has 1 aromatic rings. The third kappa shape index (κ3) is 2.77. The van der Waals surface area contributed by atoms with Crippen molar-refractivity contribution in [2.75, 3.05) is 0 Å². The summed E-state index contributed by atoms with van der Waals surface area (Å²) < 4.78 is 0. The largest absolute Gasteiger partial charge is 0.390 e. The lowest BCUT2D eigenvalue weighted by molar-refractivity contribution is 0.273. The molecular formula is C12H16N2O. The molecule has 0 aromatic carbocycles. The molecular weight excluding hydrogens is 188 g/mol. The van der Waals surface area contributed by atoms with Gasteiger partial charge in [-0.2, -0.15) is 5.26 Å². The van der Waals surface area contributed by atoms with E-state index in [1.807, 2.05) is 12.1 Å². The standard InChI is InChI=1S/C12H16N2O/c1-9(2)10(5-6-13)11-4-3-7-14-12(11)8-15/h3-4,7,9-10,15H,5,8H2,1-2H3. The van der Waals surface area contributed by atoms with Crippen molar-refractivity contribution in [3.8, 4) is 6.07 Å². The Balaban J connectivity index is 3.05. The van der Waals surface area contributed by atoms with Crippen molar-refractivity contribution in [1.82, 2.24) is 4.98 Å². The van der Waals surface area contributed by atoms with Crippen LogP contribution < -0.4 is 0 Å². The predicted octanol–water partition coefficient (Wildman–Crippen LogP) is 2.23. The van der Waals surface area contributed by atoms with E-state index >= 15 is 0 Å². The molecule has 80 valence electrons. The highest BCUT2D eigenvalue weighted by Gasteiger charge is 2.18. The molecule has 0 radical (unpaired) electrons. The van der Waals surface area contributed by atoms with Gasteiger partial charge < -0.3 is 5.11 Å². The van der Waals surface area contributed by atoms with E-state index < -0.39 is 0 Å². The molecule has 1 atom stereocenters. The zero-order valence-electron chi connectivity index (χ0n) is 9.14. The van der Waals surface area contributed by atoms with Crippen LogP contribution in [0.5, 0.6) is 0 Å². The third-order valence-electron chi connectivity index (χ3n) is 2.59. The fraction of sp³-hybridized carbons (Fsp3) is 0.500. The van der Waals surface area contributed by atoms with Crippen LogP contribution in [-0.2, 0) is 6.61 Å². The fourth-order valence-corrected chi connectivity index (χ4v) is 1.72. The van der Waals surface area contributed by atoms with Crippen LogP contribution in [0.15, 0.2) is 18.3 Å². The van der Waals surface area contributed by atoms with Gasteiger partial charge >= 0.3 is 0 Å². The molecule has 1 aromatic heterocycles. The van der Waals surface area contributed by atoms with Crippen molar-refractivity contribution >= 4 is 0 Å². The summed E-state index contributed by atoms with van der Waals surface area (Å²) in [4.78, 5) is 4.12. The number of hydrogen-bond donors (Lipinski definition) is 1. The molecule has 0 amide bonds. The Morgan fingerprint density at radius 1 is 1.53 bits per heavy atom. The molecule has 1 unspecified atom stereocenters. The first-order valence-corrected chi connectivity index (χ1v) is 5.12. The monoisotopic (exact) mass is 204 g/mol. The van der Waals surface area contributed by atoms with E-state index in [0.29, 0.717) is 18.0 Å². The van der Waals surface area contributed by atoms with Crippen molar-refractivity contribution < 1.29 is 5.11 Å². The lowest BCUT2D eigenvalue weighted by Gasteiger charge is -2.20.